The fraction of sp³-hybridized carbons (Fsp3) is 0.500. The monoisotopic (exact) mass is 280 g/mol. The van der Waals surface area contributed by atoms with Crippen molar-refractivity contribution in [1.82, 2.24) is 4.98 Å². The van der Waals surface area contributed by atoms with Crippen molar-refractivity contribution in [3.63, 3.8) is 0 Å². The maximum absolute atomic E-state index is 5.47. The van der Waals surface area contributed by atoms with Crippen molar-refractivity contribution in [1.29, 1.82) is 0 Å². The van der Waals surface area contributed by atoms with Crippen LogP contribution in [0.15, 0.2) is 30.5 Å². The minimum atomic E-state index is 0.667. The highest BCUT2D eigenvalue weighted by Gasteiger charge is 2.65. The Balaban J connectivity index is 1.49. The number of benzene rings is 1. The van der Waals surface area contributed by atoms with Crippen LogP contribution in [0.4, 0.5) is 5.82 Å². The molecule has 0 aliphatic heterocycles. The predicted molar refractivity (Wildman–Crippen MR) is 83.5 cm³/mol. The summed E-state index contributed by atoms with van der Waals surface area (Å²) in [7, 11) is 1.73. The molecule has 3 saturated carbocycles. The van der Waals surface area contributed by atoms with Crippen molar-refractivity contribution >= 4 is 16.6 Å². The number of pyridine rings is 1. The first-order valence-electron chi connectivity index (χ1n) is 8.05. The summed E-state index contributed by atoms with van der Waals surface area (Å²) in [5, 5.41) is 6.07. The van der Waals surface area contributed by atoms with Gasteiger partial charge in [-0.1, -0.05) is 12.1 Å². The van der Waals surface area contributed by atoms with Gasteiger partial charge in [0.25, 0.3) is 0 Å². The predicted octanol–water partition coefficient (Wildman–Crippen LogP) is 3.70. The molecule has 3 aliphatic rings. The molecular formula is C18H20N2O. The standard InChI is InChI=1S/C18H20N2O/c1-21-14-4-2-3-13-12(14)7-8-19-18(13)20-17-15-10-5-6-11(9-10)16(15)17/h2-4,7-8,10-11,15-17H,5-6,9H2,1H3,(H,19,20). The lowest BCUT2D eigenvalue weighted by atomic mass is 10.0. The molecule has 0 amide bonds. The van der Waals surface area contributed by atoms with E-state index in [9.17, 15) is 0 Å². The summed E-state index contributed by atoms with van der Waals surface area (Å²) in [6, 6.07) is 8.90. The summed E-state index contributed by atoms with van der Waals surface area (Å²) in [6.45, 7) is 0. The van der Waals surface area contributed by atoms with E-state index in [1.807, 2.05) is 24.4 Å². The molecule has 3 aliphatic carbocycles. The Bertz CT molecular complexity index is 697. The number of ether oxygens (including phenoxy) is 1. The molecule has 0 radical (unpaired) electrons. The lowest BCUT2D eigenvalue weighted by Gasteiger charge is -2.14. The van der Waals surface area contributed by atoms with Crippen molar-refractivity contribution in [2.45, 2.75) is 25.3 Å². The van der Waals surface area contributed by atoms with Gasteiger partial charge in [0, 0.05) is 23.0 Å². The first kappa shape index (κ1) is 11.8. The summed E-state index contributed by atoms with van der Waals surface area (Å²) in [5.74, 6) is 5.78. The third-order valence-corrected chi connectivity index (χ3v) is 6.02. The Hall–Kier alpha value is -1.77. The van der Waals surface area contributed by atoms with Gasteiger partial charge in [0.1, 0.15) is 11.6 Å². The average molecular weight is 280 g/mol. The molecule has 4 unspecified atom stereocenters. The molecule has 108 valence electrons. The lowest BCUT2D eigenvalue weighted by molar-refractivity contribution is 0.420. The Labute approximate surface area is 124 Å². The van der Waals surface area contributed by atoms with Crippen molar-refractivity contribution in [3.05, 3.63) is 30.5 Å². The Morgan fingerprint density at radius 2 is 1.90 bits per heavy atom. The van der Waals surface area contributed by atoms with Crippen molar-refractivity contribution in [2.75, 3.05) is 12.4 Å². The minimum absolute atomic E-state index is 0.667. The minimum Gasteiger partial charge on any atom is -0.496 e. The lowest BCUT2D eigenvalue weighted by Crippen LogP contribution is -2.13. The highest BCUT2D eigenvalue weighted by atomic mass is 16.5. The van der Waals surface area contributed by atoms with E-state index < -0.39 is 0 Å². The van der Waals surface area contributed by atoms with Crippen molar-refractivity contribution in [2.24, 2.45) is 23.7 Å². The van der Waals surface area contributed by atoms with Crippen LogP contribution < -0.4 is 10.1 Å². The van der Waals surface area contributed by atoms with Gasteiger partial charge in [0.05, 0.1) is 7.11 Å². The first-order valence-corrected chi connectivity index (χ1v) is 8.05. The summed E-state index contributed by atoms with van der Waals surface area (Å²) < 4.78 is 5.47. The van der Waals surface area contributed by atoms with Crippen molar-refractivity contribution < 1.29 is 4.74 Å². The second-order valence-electron chi connectivity index (χ2n) is 6.87. The molecule has 1 aromatic heterocycles. The molecule has 3 nitrogen and oxygen atoms in total. The molecule has 1 heterocycles. The molecule has 3 heteroatoms. The van der Waals surface area contributed by atoms with Crippen LogP contribution in [-0.2, 0) is 0 Å². The van der Waals surface area contributed by atoms with Gasteiger partial charge in [0.15, 0.2) is 0 Å². The number of aromatic nitrogens is 1. The fourth-order valence-corrected chi connectivity index (χ4v) is 5.15. The summed E-state index contributed by atoms with van der Waals surface area (Å²) in [6.07, 6.45) is 6.30. The smallest absolute Gasteiger partial charge is 0.134 e. The van der Waals surface area contributed by atoms with E-state index in [0.29, 0.717) is 6.04 Å². The Morgan fingerprint density at radius 3 is 2.67 bits per heavy atom. The number of fused-ring (bicyclic) bond motifs is 6. The van der Waals surface area contributed by atoms with E-state index in [4.69, 9.17) is 4.74 Å². The average Bonchev–Trinajstić information content (AvgIpc) is 2.92. The Morgan fingerprint density at radius 1 is 1.10 bits per heavy atom. The zero-order chi connectivity index (χ0) is 14.0. The highest BCUT2D eigenvalue weighted by Crippen LogP contribution is 2.66. The van der Waals surface area contributed by atoms with E-state index in [1.54, 1.807) is 7.11 Å². The van der Waals surface area contributed by atoms with Gasteiger partial charge in [-0.15, -0.1) is 0 Å². The largest absolute Gasteiger partial charge is 0.496 e. The zero-order valence-electron chi connectivity index (χ0n) is 12.3. The molecule has 4 atom stereocenters. The summed E-state index contributed by atoms with van der Waals surface area (Å²) in [5.41, 5.74) is 0. The highest BCUT2D eigenvalue weighted by molar-refractivity contribution is 5.96. The van der Waals surface area contributed by atoms with E-state index in [1.165, 1.54) is 24.6 Å². The van der Waals surface area contributed by atoms with E-state index in [-0.39, 0.29) is 0 Å². The van der Waals surface area contributed by atoms with Crippen LogP contribution in [0.25, 0.3) is 10.8 Å². The van der Waals surface area contributed by atoms with Gasteiger partial charge in [0.2, 0.25) is 0 Å². The van der Waals surface area contributed by atoms with Crippen LogP contribution in [-0.4, -0.2) is 18.1 Å². The number of hydrogen-bond donors (Lipinski definition) is 1. The van der Waals surface area contributed by atoms with Crippen LogP contribution in [0.5, 0.6) is 5.75 Å². The quantitative estimate of drug-likeness (QED) is 0.931. The summed E-state index contributed by atoms with van der Waals surface area (Å²) in [4.78, 5) is 4.59. The van der Waals surface area contributed by atoms with Gasteiger partial charge < -0.3 is 10.1 Å². The molecule has 3 fully saturated rings. The van der Waals surface area contributed by atoms with Gasteiger partial charge >= 0.3 is 0 Å². The molecule has 0 saturated heterocycles. The zero-order valence-corrected chi connectivity index (χ0v) is 12.3. The maximum Gasteiger partial charge on any atom is 0.134 e. The number of methoxy groups -OCH3 is 1. The van der Waals surface area contributed by atoms with E-state index >= 15 is 0 Å². The molecule has 21 heavy (non-hydrogen) atoms. The number of anilines is 1. The van der Waals surface area contributed by atoms with Gasteiger partial charge in [-0.3, -0.25) is 0 Å². The summed E-state index contributed by atoms with van der Waals surface area (Å²) >= 11 is 0. The van der Waals surface area contributed by atoms with Crippen LogP contribution >= 0.6 is 0 Å². The van der Waals surface area contributed by atoms with Crippen LogP contribution in [0, 0.1) is 23.7 Å². The van der Waals surface area contributed by atoms with E-state index in [2.05, 4.69) is 16.4 Å². The number of nitrogens with one attached hydrogen (secondary N) is 1. The number of nitrogens with zero attached hydrogens (tertiary/aromatic N) is 1. The second-order valence-corrected chi connectivity index (χ2v) is 6.87. The number of rotatable bonds is 3. The normalized spacial score (nSPS) is 35.8. The number of hydrogen-bond acceptors (Lipinski definition) is 3. The fourth-order valence-electron chi connectivity index (χ4n) is 5.15. The van der Waals surface area contributed by atoms with Gasteiger partial charge in [-0.2, -0.15) is 0 Å². The van der Waals surface area contributed by atoms with Crippen LogP contribution in [0.2, 0.25) is 0 Å². The third kappa shape index (κ3) is 1.57. The van der Waals surface area contributed by atoms with Gasteiger partial charge in [-0.25, -0.2) is 4.98 Å². The Kier molecular flexibility index (Phi) is 2.33. The molecule has 2 bridgehead atoms. The topological polar surface area (TPSA) is 34.1 Å². The first-order chi connectivity index (χ1) is 10.4. The van der Waals surface area contributed by atoms with Crippen LogP contribution in [0.1, 0.15) is 19.3 Å². The van der Waals surface area contributed by atoms with E-state index in [0.717, 1.165) is 40.6 Å². The molecular weight excluding hydrogens is 260 g/mol. The van der Waals surface area contributed by atoms with Crippen molar-refractivity contribution in [3.8, 4) is 5.75 Å². The third-order valence-electron chi connectivity index (χ3n) is 6.02. The molecule has 5 rings (SSSR count). The molecule has 1 N–H and O–H groups in total. The SMILES string of the molecule is COc1cccc2c(NC3C4C5CCC(C5)C34)nccc12. The second kappa shape index (κ2) is 4.12. The molecule has 2 aromatic rings. The molecule has 0 spiro atoms. The molecule has 1 aromatic carbocycles. The maximum atomic E-state index is 5.47. The van der Waals surface area contributed by atoms with Crippen LogP contribution in [0.3, 0.4) is 0 Å². The van der Waals surface area contributed by atoms with Gasteiger partial charge in [-0.05, 0) is 55.1 Å².